The number of rotatable bonds is 10. The monoisotopic (exact) mass is 469 g/mol. The van der Waals surface area contributed by atoms with Crippen LogP contribution in [0.15, 0.2) is 54.6 Å². The van der Waals surface area contributed by atoms with Crippen LogP contribution in [-0.4, -0.2) is 49.0 Å². The van der Waals surface area contributed by atoms with E-state index in [1.54, 1.807) is 48.5 Å². The van der Waals surface area contributed by atoms with Gasteiger partial charge in [0.1, 0.15) is 11.8 Å². The van der Waals surface area contributed by atoms with Crippen LogP contribution < -0.4 is 20.7 Å². The molecule has 0 saturated carbocycles. The Morgan fingerprint density at radius 1 is 0.941 bits per heavy atom. The van der Waals surface area contributed by atoms with E-state index in [2.05, 4.69) is 16.0 Å². The number of ketones is 1. The van der Waals surface area contributed by atoms with E-state index in [4.69, 9.17) is 9.47 Å². The van der Waals surface area contributed by atoms with Crippen molar-refractivity contribution in [1.82, 2.24) is 10.6 Å². The number of methoxy groups -OCH3 is 1. The summed E-state index contributed by atoms with van der Waals surface area (Å²) in [5, 5.41) is 7.96. The average Bonchev–Trinajstić information content (AvgIpc) is 2.80. The molecule has 0 fully saturated rings. The second-order valence-corrected chi connectivity index (χ2v) is 8.61. The number of urea groups is 1. The SMILES string of the molecule is COC(=O)[C@H](CCC(=O)Nc1ccc(OCC(=O)c2ccccc2)cc1)NC(=O)NC(C)(C)C. The molecule has 0 bridgehead atoms. The zero-order valence-electron chi connectivity index (χ0n) is 19.8. The molecule has 3 amide bonds. The Bertz CT molecular complexity index is 984. The molecule has 2 rings (SSSR count). The molecule has 0 spiro atoms. The quantitative estimate of drug-likeness (QED) is 0.362. The van der Waals surface area contributed by atoms with Gasteiger partial charge in [0.15, 0.2) is 12.4 Å². The van der Waals surface area contributed by atoms with Crippen LogP contribution in [0, 0.1) is 0 Å². The summed E-state index contributed by atoms with van der Waals surface area (Å²) in [6.07, 6.45) is 0.0538. The number of anilines is 1. The van der Waals surface area contributed by atoms with Gasteiger partial charge in [0, 0.05) is 23.2 Å². The molecule has 0 heterocycles. The highest BCUT2D eigenvalue weighted by atomic mass is 16.5. The molecule has 3 N–H and O–H groups in total. The average molecular weight is 470 g/mol. The topological polar surface area (TPSA) is 123 Å². The number of amides is 3. The van der Waals surface area contributed by atoms with Gasteiger partial charge in [-0.2, -0.15) is 0 Å². The molecule has 0 aliphatic carbocycles. The molecular weight excluding hydrogens is 438 g/mol. The van der Waals surface area contributed by atoms with E-state index in [0.717, 1.165) is 0 Å². The Morgan fingerprint density at radius 2 is 1.59 bits per heavy atom. The van der Waals surface area contributed by atoms with Gasteiger partial charge in [-0.05, 0) is 51.5 Å². The summed E-state index contributed by atoms with van der Waals surface area (Å²) < 4.78 is 10.2. The molecule has 0 aliphatic rings. The summed E-state index contributed by atoms with van der Waals surface area (Å²) in [7, 11) is 1.22. The number of ether oxygens (including phenoxy) is 2. The third-order valence-electron chi connectivity index (χ3n) is 4.54. The standard InChI is InChI=1S/C25H31N3O6/c1-25(2,3)28-24(32)27-20(23(31)33-4)14-15-22(30)26-18-10-12-19(13-11-18)34-16-21(29)17-8-6-5-7-9-17/h5-13,20H,14-16H2,1-4H3,(H,26,30)(H2,27,28,32)/t20-/m0/s1. The van der Waals surface area contributed by atoms with E-state index in [1.165, 1.54) is 7.11 Å². The molecular formula is C25H31N3O6. The largest absolute Gasteiger partial charge is 0.485 e. The van der Waals surface area contributed by atoms with Crippen molar-refractivity contribution in [3.05, 3.63) is 60.2 Å². The highest BCUT2D eigenvalue weighted by molar-refractivity contribution is 5.97. The smallest absolute Gasteiger partial charge is 0.328 e. The van der Waals surface area contributed by atoms with Crippen molar-refractivity contribution in [2.75, 3.05) is 19.0 Å². The van der Waals surface area contributed by atoms with Gasteiger partial charge >= 0.3 is 12.0 Å². The van der Waals surface area contributed by atoms with Gasteiger partial charge in [-0.15, -0.1) is 0 Å². The minimum Gasteiger partial charge on any atom is -0.485 e. The maximum Gasteiger partial charge on any atom is 0.328 e. The van der Waals surface area contributed by atoms with Crippen molar-refractivity contribution in [1.29, 1.82) is 0 Å². The molecule has 2 aromatic rings. The van der Waals surface area contributed by atoms with Crippen molar-refractivity contribution in [2.24, 2.45) is 0 Å². The number of carbonyl (C=O) groups excluding carboxylic acids is 4. The van der Waals surface area contributed by atoms with Crippen LogP contribution in [-0.2, 0) is 14.3 Å². The fraction of sp³-hybridized carbons (Fsp3) is 0.360. The van der Waals surface area contributed by atoms with Crippen LogP contribution in [0.4, 0.5) is 10.5 Å². The van der Waals surface area contributed by atoms with Gasteiger partial charge in [0.2, 0.25) is 5.91 Å². The van der Waals surface area contributed by atoms with Crippen LogP contribution in [0.2, 0.25) is 0 Å². The Morgan fingerprint density at radius 3 is 2.18 bits per heavy atom. The number of Topliss-reactive ketones (excluding diaryl/α,β-unsaturated/α-hetero) is 1. The van der Waals surface area contributed by atoms with Crippen molar-refractivity contribution < 1.29 is 28.7 Å². The Kier molecular flexibility index (Phi) is 9.61. The number of hydrogen-bond donors (Lipinski definition) is 3. The number of benzene rings is 2. The minimum atomic E-state index is -0.962. The molecule has 34 heavy (non-hydrogen) atoms. The highest BCUT2D eigenvalue weighted by Crippen LogP contribution is 2.17. The summed E-state index contributed by atoms with van der Waals surface area (Å²) in [6.45, 7) is 5.33. The second kappa shape index (κ2) is 12.4. The molecule has 0 aliphatic heterocycles. The highest BCUT2D eigenvalue weighted by Gasteiger charge is 2.24. The Labute approximate surface area is 199 Å². The zero-order valence-corrected chi connectivity index (χ0v) is 19.8. The zero-order chi connectivity index (χ0) is 25.1. The van der Waals surface area contributed by atoms with Crippen molar-refractivity contribution in [2.45, 2.75) is 45.2 Å². The van der Waals surface area contributed by atoms with Crippen molar-refractivity contribution in [3.8, 4) is 5.75 Å². The summed E-state index contributed by atoms with van der Waals surface area (Å²) in [5.74, 6) is -0.617. The molecule has 0 radical (unpaired) electrons. The van der Waals surface area contributed by atoms with E-state index in [9.17, 15) is 19.2 Å². The number of hydrogen-bond acceptors (Lipinski definition) is 6. The van der Waals surface area contributed by atoms with E-state index >= 15 is 0 Å². The maximum atomic E-state index is 12.3. The van der Waals surface area contributed by atoms with Crippen LogP contribution in [0.25, 0.3) is 0 Å². The van der Waals surface area contributed by atoms with Crippen LogP contribution in [0.3, 0.4) is 0 Å². The number of nitrogens with one attached hydrogen (secondary N) is 3. The van der Waals surface area contributed by atoms with Crippen LogP contribution >= 0.6 is 0 Å². The third kappa shape index (κ3) is 9.32. The van der Waals surface area contributed by atoms with E-state index in [1.807, 2.05) is 26.8 Å². The predicted molar refractivity (Wildman–Crippen MR) is 128 cm³/mol. The first-order valence-corrected chi connectivity index (χ1v) is 10.8. The fourth-order valence-electron chi connectivity index (χ4n) is 2.92. The molecule has 9 nitrogen and oxygen atoms in total. The molecule has 0 aromatic heterocycles. The van der Waals surface area contributed by atoms with E-state index in [0.29, 0.717) is 17.0 Å². The minimum absolute atomic E-state index is 0.0145. The first kappa shape index (κ1) is 26.4. The molecule has 182 valence electrons. The summed E-state index contributed by atoms with van der Waals surface area (Å²) in [4.78, 5) is 48.5. The lowest BCUT2D eigenvalue weighted by Gasteiger charge is -2.23. The molecule has 9 heteroatoms. The first-order valence-electron chi connectivity index (χ1n) is 10.8. The lowest BCUT2D eigenvalue weighted by atomic mass is 10.1. The fourth-order valence-corrected chi connectivity index (χ4v) is 2.92. The number of esters is 1. The molecule has 2 aromatic carbocycles. The molecule has 1 atom stereocenters. The third-order valence-corrected chi connectivity index (χ3v) is 4.54. The maximum absolute atomic E-state index is 12.3. The normalized spacial score (nSPS) is 11.6. The Hall–Kier alpha value is -3.88. The van der Waals surface area contributed by atoms with Gasteiger partial charge in [0.25, 0.3) is 0 Å². The van der Waals surface area contributed by atoms with Gasteiger partial charge in [-0.3, -0.25) is 9.59 Å². The van der Waals surface area contributed by atoms with E-state index in [-0.39, 0.29) is 31.1 Å². The molecule has 0 saturated heterocycles. The Balaban J connectivity index is 1.83. The van der Waals surface area contributed by atoms with Crippen LogP contribution in [0.1, 0.15) is 44.0 Å². The van der Waals surface area contributed by atoms with Gasteiger partial charge in [-0.25, -0.2) is 9.59 Å². The summed E-state index contributed by atoms with van der Waals surface area (Å²) in [5.41, 5.74) is 0.620. The lowest BCUT2D eigenvalue weighted by molar-refractivity contribution is -0.143. The lowest BCUT2D eigenvalue weighted by Crippen LogP contribution is -2.52. The van der Waals surface area contributed by atoms with Crippen molar-refractivity contribution >= 4 is 29.4 Å². The predicted octanol–water partition coefficient (Wildman–Crippen LogP) is 3.31. The van der Waals surface area contributed by atoms with E-state index < -0.39 is 23.6 Å². The number of carbonyl (C=O) groups is 4. The van der Waals surface area contributed by atoms with Crippen LogP contribution in [0.5, 0.6) is 5.75 Å². The summed E-state index contributed by atoms with van der Waals surface area (Å²) in [6, 6.07) is 13.9. The van der Waals surface area contributed by atoms with Gasteiger partial charge in [0.05, 0.1) is 7.11 Å². The van der Waals surface area contributed by atoms with Crippen molar-refractivity contribution in [3.63, 3.8) is 0 Å². The summed E-state index contributed by atoms with van der Waals surface area (Å²) >= 11 is 0. The van der Waals surface area contributed by atoms with Gasteiger partial charge < -0.3 is 25.4 Å². The molecule has 0 unspecified atom stereocenters. The first-order chi connectivity index (χ1) is 16.1. The second-order valence-electron chi connectivity index (χ2n) is 8.61. The van der Waals surface area contributed by atoms with Gasteiger partial charge in [-0.1, -0.05) is 30.3 Å².